The van der Waals surface area contributed by atoms with Crippen molar-refractivity contribution < 1.29 is 23.3 Å². The number of furan rings is 1. The zero-order valence-electron chi connectivity index (χ0n) is 14.4. The standard InChI is InChI=1S/C19H14FN3O5/c20-14-7-5-13(6-8-14)17-10-9-15(28-17)11-21-22-19(24)12-27-18-4-2-1-3-16(18)23(25)26/h1-11H,12H2,(H,22,24)/b21-11+. The number of halogens is 1. The number of nitro benzene ring substituents is 1. The fraction of sp³-hybridized carbons (Fsp3) is 0.0526. The Labute approximate surface area is 158 Å². The van der Waals surface area contributed by atoms with E-state index in [-0.39, 0.29) is 17.3 Å². The normalized spacial score (nSPS) is 10.8. The van der Waals surface area contributed by atoms with Crippen LogP contribution < -0.4 is 10.2 Å². The van der Waals surface area contributed by atoms with Gasteiger partial charge in [0.1, 0.15) is 17.3 Å². The van der Waals surface area contributed by atoms with Crippen LogP contribution in [0.15, 0.2) is 70.2 Å². The molecule has 2 aromatic carbocycles. The minimum absolute atomic E-state index is 0.0124. The lowest BCUT2D eigenvalue weighted by Gasteiger charge is -2.05. The number of hydrogen-bond acceptors (Lipinski definition) is 6. The molecule has 0 aliphatic carbocycles. The minimum Gasteiger partial charge on any atom is -0.477 e. The first-order valence-electron chi connectivity index (χ1n) is 8.07. The monoisotopic (exact) mass is 383 g/mol. The summed E-state index contributed by atoms with van der Waals surface area (Å²) in [6.07, 6.45) is 1.29. The molecule has 1 aromatic heterocycles. The van der Waals surface area contributed by atoms with Crippen LogP contribution in [0.2, 0.25) is 0 Å². The van der Waals surface area contributed by atoms with Crippen LogP contribution in [0.1, 0.15) is 5.76 Å². The van der Waals surface area contributed by atoms with Gasteiger partial charge in [-0.2, -0.15) is 5.10 Å². The van der Waals surface area contributed by atoms with E-state index in [0.717, 1.165) is 0 Å². The number of benzene rings is 2. The highest BCUT2D eigenvalue weighted by Crippen LogP contribution is 2.25. The number of nitro groups is 1. The van der Waals surface area contributed by atoms with Crippen molar-refractivity contribution in [2.24, 2.45) is 5.10 Å². The van der Waals surface area contributed by atoms with Crippen LogP contribution in [0.25, 0.3) is 11.3 Å². The molecule has 0 spiro atoms. The molecular formula is C19H14FN3O5. The summed E-state index contributed by atoms with van der Waals surface area (Å²) >= 11 is 0. The quantitative estimate of drug-likeness (QED) is 0.382. The van der Waals surface area contributed by atoms with Gasteiger partial charge in [-0.3, -0.25) is 14.9 Å². The highest BCUT2D eigenvalue weighted by atomic mass is 19.1. The molecule has 0 bridgehead atoms. The van der Waals surface area contributed by atoms with Crippen LogP contribution in [0.4, 0.5) is 10.1 Å². The number of para-hydroxylation sites is 2. The summed E-state index contributed by atoms with van der Waals surface area (Å²) in [7, 11) is 0. The Hall–Kier alpha value is -4.01. The number of carbonyl (C=O) groups is 1. The number of amides is 1. The Kier molecular flexibility index (Phi) is 5.75. The number of ether oxygens (including phenoxy) is 1. The molecule has 9 heteroatoms. The first kappa shape index (κ1) is 18.8. The molecule has 3 aromatic rings. The van der Waals surface area contributed by atoms with Crippen LogP contribution in [0, 0.1) is 15.9 Å². The Balaban J connectivity index is 1.53. The maximum Gasteiger partial charge on any atom is 0.310 e. The lowest BCUT2D eigenvalue weighted by molar-refractivity contribution is -0.385. The van der Waals surface area contributed by atoms with E-state index >= 15 is 0 Å². The SMILES string of the molecule is O=C(COc1ccccc1[N+](=O)[O-])N/N=C/c1ccc(-c2ccc(F)cc2)o1. The summed E-state index contributed by atoms with van der Waals surface area (Å²) in [5, 5.41) is 14.6. The zero-order chi connectivity index (χ0) is 19.9. The van der Waals surface area contributed by atoms with Crippen molar-refractivity contribution in [1.82, 2.24) is 5.43 Å². The second kappa shape index (κ2) is 8.58. The van der Waals surface area contributed by atoms with Crippen molar-refractivity contribution in [2.45, 2.75) is 0 Å². The van der Waals surface area contributed by atoms with Crippen LogP contribution in [-0.4, -0.2) is 23.7 Å². The lowest BCUT2D eigenvalue weighted by Crippen LogP contribution is -2.24. The highest BCUT2D eigenvalue weighted by Gasteiger charge is 2.14. The number of hydrogen-bond donors (Lipinski definition) is 1. The van der Waals surface area contributed by atoms with Gasteiger partial charge >= 0.3 is 5.69 Å². The first-order chi connectivity index (χ1) is 13.5. The molecule has 0 saturated carbocycles. The van der Waals surface area contributed by atoms with Gasteiger partial charge in [-0.25, -0.2) is 9.82 Å². The molecule has 3 rings (SSSR count). The fourth-order valence-electron chi connectivity index (χ4n) is 2.27. The number of hydrazone groups is 1. The van der Waals surface area contributed by atoms with E-state index in [1.54, 1.807) is 30.3 Å². The van der Waals surface area contributed by atoms with Crippen molar-refractivity contribution in [3.63, 3.8) is 0 Å². The van der Waals surface area contributed by atoms with Crippen LogP contribution in [0.3, 0.4) is 0 Å². The zero-order valence-corrected chi connectivity index (χ0v) is 14.4. The molecule has 0 fully saturated rings. The van der Waals surface area contributed by atoms with E-state index in [0.29, 0.717) is 17.1 Å². The molecular weight excluding hydrogens is 369 g/mol. The summed E-state index contributed by atoms with van der Waals surface area (Å²) < 4.78 is 23.6. The van der Waals surface area contributed by atoms with E-state index in [9.17, 15) is 19.3 Å². The highest BCUT2D eigenvalue weighted by molar-refractivity contribution is 5.81. The Morgan fingerprint density at radius 1 is 1.18 bits per heavy atom. The van der Waals surface area contributed by atoms with Gasteiger partial charge in [0.25, 0.3) is 5.91 Å². The van der Waals surface area contributed by atoms with Gasteiger partial charge in [0.05, 0.1) is 11.1 Å². The van der Waals surface area contributed by atoms with Crippen molar-refractivity contribution >= 4 is 17.8 Å². The predicted molar refractivity (Wildman–Crippen MR) is 98.4 cm³/mol. The van der Waals surface area contributed by atoms with Crippen molar-refractivity contribution in [3.05, 3.63) is 82.4 Å². The summed E-state index contributed by atoms with van der Waals surface area (Å²) in [6, 6.07) is 14.9. The second-order valence-electron chi connectivity index (χ2n) is 5.52. The van der Waals surface area contributed by atoms with E-state index in [2.05, 4.69) is 10.5 Å². The Morgan fingerprint density at radius 2 is 1.93 bits per heavy atom. The number of nitrogens with one attached hydrogen (secondary N) is 1. The largest absolute Gasteiger partial charge is 0.477 e. The van der Waals surface area contributed by atoms with Gasteiger partial charge in [-0.05, 0) is 42.5 Å². The van der Waals surface area contributed by atoms with E-state index in [1.165, 1.54) is 36.5 Å². The molecule has 0 saturated heterocycles. The lowest BCUT2D eigenvalue weighted by atomic mass is 10.2. The average molecular weight is 383 g/mol. The molecule has 0 atom stereocenters. The third kappa shape index (κ3) is 4.79. The fourth-order valence-corrected chi connectivity index (χ4v) is 2.27. The van der Waals surface area contributed by atoms with E-state index < -0.39 is 17.4 Å². The maximum absolute atomic E-state index is 12.9. The average Bonchev–Trinajstić information content (AvgIpc) is 3.16. The topological polar surface area (TPSA) is 107 Å². The van der Waals surface area contributed by atoms with Gasteiger partial charge in [0.15, 0.2) is 12.4 Å². The van der Waals surface area contributed by atoms with E-state index in [4.69, 9.17) is 9.15 Å². The number of rotatable bonds is 7. The van der Waals surface area contributed by atoms with Gasteiger partial charge in [0, 0.05) is 11.6 Å². The Bertz CT molecular complexity index is 1010. The molecule has 0 radical (unpaired) electrons. The van der Waals surface area contributed by atoms with Crippen LogP contribution in [0.5, 0.6) is 5.75 Å². The smallest absolute Gasteiger partial charge is 0.310 e. The van der Waals surface area contributed by atoms with Gasteiger partial charge in [-0.15, -0.1) is 0 Å². The second-order valence-corrected chi connectivity index (χ2v) is 5.52. The molecule has 0 aliphatic heterocycles. The third-order valence-electron chi connectivity index (χ3n) is 3.56. The molecule has 142 valence electrons. The molecule has 28 heavy (non-hydrogen) atoms. The summed E-state index contributed by atoms with van der Waals surface area (Å²) in [5.74, 6) is -0.0593. The van der Waals surface area contributed by atoms with Gasteiger partial charge in [-0.1, -0.05) is 12.1 Å². The van der Waals surface area contributed by atoms with Crippen molar-refractivity contribution in [3.8, 4) is 17.1 Å². The molecule has 1 heterocycles. The molecule has 0 aliphatic rings. The maximum atomic E-state index is 12.9. The van der Waals surface area contributed by atoms with Crippen LogP contribution in [-0.2, 0) is 4.79 Å². The molecule has 0 unspecified atom stereocenters. The Morgan fingerprint density at radius 3 is 2.68 bits per heavy atom. The van der Waals surface area contributed by atoms with Crippen molar-refractivity contribution in [2.75, 3.05) is 6.61 Å². The minimum atomic E-state index is -0.597. The van der Waals surface area contributed by atoms with Gasteiger partial charge < -0.3 is 9.15 Å². The predicted octanol–water partition coefficient (Wildman–Crippen LogP) is 3.52. The van der Waals surface area contributed by atoms with E-state index in [1.807, 2.05) is 0 Å². The summed E-state index contributed by atoms with van der Waals surface area (Å²) in [5.41, 5.74) is 2.70. The third-order valence-corrected chi connectivity index (χ3v) is 3.56. The number of carbonyl (C=O) groups excluding carboxylic acids is 1. The van der Waals surface area contributed by atoms with Crippen molar-refractivity contribution in [1.29, 1.82) is 0 Å². The molecule has 8 nitrogen and oxygen atoms in total. The number of nitrogens with zero attached hydrogens (tertiary/aromatic N) is 2. The summed E-state index contributed by atoms with van der Waals surface area (Å²) in [4.78, 5) is 22.1. The summed E-state index contributed by atoms with van der Waals surface area (Å²) in [6.45, 7) is -0.443. The molecule has 1 N–H and O–H groups in total. The first-order valence-corrected chi connectivity index (χ1v) is 8.07. The van der Waals surface area contributed by atoms with Crippen LogP contribution >= 0.6 is 0 Å². The van der Waals surface area contributed by atoms with Gasteiger partial charge in [0.2, 0.25) is 0 Å². The molecule has 1 amide bonds.